The molecular weight excluding hydrogens is 340 g/mol. The predicted octanol–water partition coefficient (Wildman–Crippen LogP) is 4.53. The molecule has 0 aliphatic carbocycles. The first-order valence-corrected chi connectivity index (χ1v) is 8.15. The molecule has 0 amide bonds. The van der Waals surface area contributed by atoms with Gasteiger partial charge in [0.15, 0.2) is 5.65 Å². The summed E-state index contributed by atoms with van der Waals surface area (Å²) >= 11 is 0. The fourth-order valence-corrected chi connectivity index (χ4v) is 2.46. The number of nitrogens with one attached hydrogen (secondary N) is 1. The van der Waals surface area contributed by atoms with Crippen LogP contribution in [0.3, 0.4) is 0 Å². The zero-order valence-electron chi connectivity index (χ0n) is 14.3. The van der Waals surface area contributed by atoms with E-state index in [1.165, 1.54) is 12.3 Å². The van der Waals surface area contributed by atoms with Crippen LogP contribution < -0.4 is 5.32 Å². The Bertz CT molecular complexity index is 976. The van der Waals surface area contributed by atoms with Crippen LogP contribution >= 0.6 is 0 Å². The van der Waals surface area contributed by atoms with Gasteiger partial charge in [-0.3, -0.25) is 0 Å². The second kappa shape index (κ2) is 7.43. The van der Waals surface area contributed by atoms with Gasteiger partial charge in [-0.1, -0.05) is 6.92 Å². The predicted molar refractivity (Wildman–Crippen MR) is 94.5 cm³/mol. The topological polar surface area (TPSA) is 64.1 Å². The number of aryl methyl sites for hydroxylation is 1. The Morgan fingerprint density at radius 3 is 2.77 bits per heavy atom. The van der Waals surface area contributed by atoms with Gasteiger partial charge in [-0.25, -0.2) is 23.5 Å². The monoisotopic (exact) mass is 357 g/mol. The van der Waals surface area contributed by atoms with Crippen molar-refractivity contribution in [1.82, 2.24) is 9.97 Å². The lowest BCUT2D eigenvalue weighted by atomic mass is 10.1. The van der Waals surface area contributed by atoms with Gasteiger partial charge < -0.3 is 10.1 Å². The molecule has 0 radical (unpaired) electrons. The molecule has 134 valence electrons. The third kappa shape index (κ3) is 3.61. The fourth-order valence-electron chi connectivity index (χ4n) is 2.46. The minimum absolute atomic E-state index is 0.0315. The molecular formula is C19H17F2N3O2. The number of aromatic nitrogens is 2. The number of fused-ring (bicyclic) bond motifs is 1. The van der Waals surface area contributed by atoms with Crippen molar-refractivity contribution in [2.75, 3.05) is 11.9 Å². The van der Waals surface area contributed by atoms with Gasteiger partial charge in [0.1, 0.15) is 17.2 Å². The summed E-state index contributed by atoms with van der Waals surface area (Å²) in [4.78, 5) is 20.9. The highest BCUT2D eigenvalue weighted by Gasteiger charge is 2.19. The van der Waals surface area contributed by atoms with E-state index in [2.05, 4.69) is 15.3 Å². The fraction of sp³-hybridized carbons (Fsp3) is 0.211. The van der Waals surface area contributed by atoms with Gasteiger partial charge in [0, 0.05) is 23.3 Å². The van der Waals surface area contributed by atoms with E-state index in [-0.39, 0.29) is 17.9 Å². The van der Waals surface area contributed by atoms with Crippen molar-refractivity contribution < 1.29 is 18.3 Å². The molecule has 0 saturated carbocycles. The summed E-state index contributed by atoms with van der Waals surface area (Å²) in [6, 6.07) is 6.66. The van der Waals surface area contributed by atoms with Crippen molar-refractivity contribution >= 4 is 28.4 Å². The Balaban J connectivity index is 2.13. The molecule has 5 nitrogen and oxygen atoms in total. The second-order valence-electron chi connectivity index (χ2n) is 5.76. The minimum Gasteiger partial charge on any atom is -0.462 e. The Labute approximate surface area is 149 Å². The third-order valence-corrected chi connectivity index (χ3v) is 3.72. The molecule has 3 aromatic rings. The van der Waals surface area contributed by atoms with E-state index in [1.54, 1.807) is 12.1 Å². The van der Waals surface area contributed by atoms with Crippen LogP contribution in [0.2, 0.25) is 0 Å². The SMILES string of the molecule is CCCOC(=O)c1cnc2nc(C)ccc2c1Nc1ccc(F)cc1F. The van der Waals surface area contributed by atoms with Crippen LogP contribution in [0.25, 0.3) is 11.0 Å². The van der Waals surface area contributed by atoms with Crippen molar-refractivity contribution in [3.63, 3.8) is 0 Å². The Morgan fingerprint density at radius 2 is 2.04 bits per heavy atom. The molecule has 2 aromatic heterocycles. The molecule has 0 atom stereocenters. The molecule has 0 unspecified atom stereocenters. The number of anilines is 2. The Hall–Kier alpha value is -3.09. The number of ether oxygens (including phenoxy) is 1. The third-order valence-electron chi connectivity index (χ3n) is 3.72. The first kappa shape index (κ1) is 17.7. The summed E-state index contributed by atoms with van der Waals surface area (Å²) in [7, 11) is 0. The van der Waals surface area contributed by atoms with Crippen LogP contribution in [-0.4, -0.2) is 22.5 Å². The van der Waals surface area contributed by atoms with Crippen molar-refractivity contribution in [3.05, 3.63) is 59.4 Å². The lowest BCUT2D eigenvalue weighted by molar-refractivity contribution is 0.0506. The number of carbonyl (C=O) groups is 1. The lowest BCUT2D eigenvalue weighted by Gasteiger charge is -2.14. The lowest BCUT2D eigenvalue weighted by Crippen LogP contribution is -2.11. The summed E-state index contributed by atoms with van der Waals surface area (Å²) in [6.07, 6.45) is 2.01. The average Bonchev–Trinajstić information content (AvgIpc) is 2.61. The maximum atomic E-state index is 14.1. The molecule has 1 N–H and O–H groups in total. The van der Waals surface area contributed by atoms with Gasteiger partial charge in [-0.2, -0.15) is 0 Å². The smallest absolute Gasteiger partial charge is 0.341 e. The van der Waals surface area contributed by atoms with Crippen molar-refractivity contribution in [2.45, 2.75) is 20.3 Å². The summed E-state index contributed by atoms with van der Waals surface area (Å²) in [5.74, 6) is -2.04. The molecule has 0 aliphatic heterocycles. The molecule has 1 aromatic carbocycles. The number of esters is 1. The quantitative estimate of drug-likeness (QED) is 0.680. The number of halogens is 2. The highest BCUT2D eigenvalue weighted by molar-refractivity contribution is 6.05. The molecule has 2 heterocycles. The second-order valence-corrected chi connectivity index (χ2v) is 5.76. The number of carbonyl (C=O) groups excluding carboxylic acids is 1. The van der Waals surface area contributed by atoms with Crippen molar-refractivity contribution in [1.29, 1.82) is 0 Å². The summed E-state index contributed by atoms with van der Waals surface area (Å²) in [5, 5.41) is 3.40. The number of pyridine rings is 2. The van der Waals surface area contributed by atoms with Gasteiger partial charge >= 0.3 is 5.97 Å². The van der Waals surface area contributed by atoms with E-state index in [4.69, 9.17) is 4.74 Å². The highest BCUT2D eigenvalue weighted by Crippen LogP contribution is 2.30. The van der Waals surface area contributed by atoms with Crippen molar-refractivity contribution in [2.24, 2.45) is 0 Å². The molecule has 7 heteroatoms. The van der Waals surface area contributed by atoms with E-state index in [1.807, 2.05) is 13.8 Å². The van der Waals surface area contributed by atoms with E-state index in [0.29, 0.717) is 23.1 Å². The maximum absolute atomic E-state index is 14.1. The number of benzene rings is 1. The van der Waals surface area contributed by atoms with Gasteiger partial charge in [0.05, 0.1) is 18.0 Å². The largest absolute Gasteiger partial charge is 0.462 e. The molecule has 0 aliphatic rings. The first-order valence-electron chi connectivity index (χ1n) is 8.15. The summed E-state index contributed by atoms with van der Waals surface area (Å²) in [5.41, 5.74) is 1.66. The van der Waals surface area contributed by atoms with Gasteiger partial charge in [-0.05, 0) is 37.6 Å². The summed E-state index contributed by atoms with van der Waals surface area (Å²) in [6.45, 7) is 3.95. The molecule has 26 heavy (non-hydrogen) atoms. The number of hydrogen-bond donors (Lipinski definition) is 1. The minimum atomic E-state index is -0.775. The molecule has 3 rings (SSSR count). The number of hydrogen-bond acceptors (Lipinski definition) is 5. The Kier molecular flexibility index (Phi) is 5.06. The highest BCUT2D eigenvalue weighted by atomic mass is 19.1. The molecule has 0 bridgehead atoms. The Morgan fingerprint density at radius 1 is 1.23 bits per heavy atom. The van der Waals surface area contributed by atoms with E-state index in [0.717, 1.165) is 17.8 Å². The molecule has 0 saturated heterocycles. The van der Waals surface area contributed by atoms with Gasteiger partial charge in [0.25, 0.3) is 0 Å². The van der Waals surface area contributed by atoms with Crippen LogP contribution in [0.1, 0.15) is 29.4 Å². The zero-order chi connectivity index (χ0) is 18.7. The van der Waals surface area contributed by atoms with E-state index < -0.39 is 17.6 Å². The summed E-state index contributed by atoms with van der Waals surface area (Å²) < 4.78 is 32.4. The number of nitrogens with zero attached hydrogens (tertiary/aromatic N) is 2. The number of rotatable bonds is 5. The van der Waals surface area contributed by atoms with Crippen LogP contribution in [0.15, 0.2) is 36.5 Å². The van der Waals surface area contributed by atoms with Crippen LogP contribution in [0, 0.1) is 18.6 Å². The van der Waals surface area contributed by atoms with Crippen LogP contribution in [0.5, 0.6) is 0 Å². The normalized spacial score (nSPS) is 10.8. The average molecular weight is 357 g/mol. The molecule has 0 fully saturated rings. The standard InChI is InChI=1S/C19H17F2N3O2/c1-3-8-26-19(25)14-10-22-18-13(6-4-11(2)23-18)17(14)24-16-7-5-12(20)9-15(16)21/h4-7,9-10H,3,8H2,1-2H3,(H,22,23,24). The van der Waals surface area contributed by atoms with E-state index in [9.17, 15) is 13.6 Å². The van der Waals surface area contributed by atoms with Crippen LogP contribution in [-0.2, 0) is 4.74 Å². The van der Waals surface area contributed by atoms with Gasteiger partial charge in [0.2, 0.25) is 0 Å². The zero-order valence-corrected chi connectivity index (χ0v) is 14.3. The van der Waals surface area contributed by atoms with Gasteiger partial charge in [-0.15, -0.1) is 0 Å². The van der Waals surface area contributed by atoms with Crippen LogP contribution in [0.4, 0.5) is 20.2 Å². The molecule has 0 spiro atoms. The van der Waals surface area contributed by atoms with Crippen molar-refractivity contribution in [3.8, 4) is 0 Å². The first-order chi connectivity index (χ1) is 12.5. The van der Waals surface area contributed by atoms with E-state index >= 15 is 0 Å². The maximum Gasteiger partial charge on any atom is 0.341 e.